The smallest absolute Gasteiger partial charge is 0.272 e. The van der Waals surface area contributed by atoms with Gasteiger partial charge >= 0.3 is 0 Å². The molecule has 2 N–H and O–H groups in total. The van der Waals surface area contributed by atoms with Gasteiger partial charge in [0.2, 0.25) is 0 Å². The number of amides is 2. The van der Waals surface area contributed by atoms with Gasteiger partial charge in [-0.2, -0.15) is 5.10 Å². The molecule has 0 fully saturated rings. The molecule has 0 spiro atoms. The third-order valence-electron chi connectivity index (χ3n) is 3.67. The number of pyridine rings is 1. The monoisotopic (exact) mass is 369 g/mol. The molecule has 0 aliphatic heterocycles. The highest BCUT2D eigenvalue weighted by atomic mass is 35.5. The average Bonchev–Trinajstić information content (AvgIpc) is 3.01. The molecule has 1 aromatic carbocycles. The SMILES string of the molecule is Cn1nc(C(=O)NCc2ccncc2)cc1NC(=O)c1ccccc1Cl. The summed E-state index contributed by atoms with van der Waals surface area (Å²) in [5, 5.41) is 9.96. The second kappa shape index (κ2) is 7.79. The number of hydrogen-bond donors (Lipinski definition) is 2. The van der Waals surface area contributed by atoms with Gasteiger partial charge in [-0.15, -0.1) is 0 Å². The summed E-state index contributed by atoms with van der Waals surface area (Å²) in [5.41, 5.74) is 1.48. The van der Waals surface area contributed by atoms with Crippen LogP contribution in [0.3, 0.4) is 0 Å². The Balaban J connectivity index is 1.68. The maximum atomic E-state index is 12.3. The van der Waals surface area contributed by atoms with Gasteiger partial charge in [0, 0.05) is 32.1 Å². The van der Waals surface area contributed by atoms with Crippen LogP contribution in [-0.2, 0) is 13.6 Å². The maximum Gasteiger partial charge on any atom is 0.272 e. The van der Waals surface area contributed by atoms with Gasteiger partial charge in [-0.3, -0.25) is 19.3 Å². The highest BCUT2D eigenvalue weighted by molar-refractivity contribution is 6.34. The van der Waals surface area contributed by atoms with E-state index in [2.05, 4.69) is 20.7 Å². The Labute approximate surface area is 155 Å². The Morgan fingerprint density at radius 2 is 1.85 bits per heavy atom. The Bertz CT molecular complexity index is 940. The molecule has 0 unspecified atom stereocenters. The first-order chi connectivity index (χ1) is 12.5. The van der Waals surface area contributed by atoms with Gasteiger partial charge in [0.1, 0.15) is 5.82 Å². The van der Waals surface area contributed by atoms with Crippen LogP contribution in [-0.4, -0.2) is 26.6 Å². The lowest BCUT2D eigenvalue weighted by molar-refractivity contribution is 0.0944. The molecule has 3 rings (SSSR count). The minimum atomic E-state index is -0.373. The van der Waals surface area contributed by atoms with Crippen LogP contribution < -0.4 is 10.6 Å². The molecule has 3 aromatic rings. The van der Waals surface area contributed by atoms with Gasteiger partial charge in [-0.05, 0) is 29.8 Å². The number of aromatic nitrogens is 3. The molecule has 7 nitrogen and oxygen atoms in total. The number of nitrogens with zero attached hydrogens (tertiary/aromatic N) is 3. The van der Waals surface area contributed by atoms with Crippen molar-refractivity contribution in [2.24, 2.45) is 7.05 Å². The predicted octanol–water partition coefficient (Wildman–Crippen LogP) is 2.65. The van der Waals surface area contributed by atoms with Gasteiger partial charge in [0.05, 0.1) is 10.6 Å². The number of nitrogens with one attached hydrogen (secondary N) is 2. The van der Waals surface area contributed by atoms with Crippen molar-refractivity contribution >= 4 is 29.2 Å². The van der Waals surface area contributed by atoms with Crippen molar-refractivity contribution < 1.29 is 9.59 Å². The van der Waals surface area contributed by atoms with Gasteiger partial charge in [0.15, 0.2) is 5.69 Å². The fourth-order valence-corrected chi connectivity index (χ4v) is 2.52. The maximum absolute atomic E-state index is 12.3. The molecule has 26 heavy (non-hydrogen) atoms. The largest absolute Gasteiger partial charge is 0.347 e. The van der Waals surface area contributed by atoms with Crippen molar-refractivity contribution in [3.63, 3.8) is 0 Å². The first kappa shape index (κ1) is 17.6. The molecule has 2 heterocycles. The highest BCUT2D eigenvalue weighted by Gasteiger charge is 2.16. The van der Waals surface area contributed by atoms with Crippen LogP contribution in [0.5, 0.6) is 0 Å². The number of hydrogen-bond acceptors (Lipinski definition) is 4. The standard InChI is InChI=1S/C18H16ClN5O2/c1-24-16(22-17(25)13-4-2-3-5-14(13)19)10-15(23-24)18(26)21-11-12-6-8-20-9-7-12/h2-10H,11H2,1H3,(H,21,26)(H,22,25). The molecule has 0 atom stereocenters. The van der Waals surface area contributed by atoms with E-state index in [1.165, 1.54) is 10.7 Å². The van der Waals surface area contributed by atoms with Crippen LogP contribution >= 0.6 is 11.6 Å². The number of carbonyl (C=O) groups excluding carboxylic acids is 2. The van der Waals surface area contributed by atoms with Crippen molar-refractivity contribution in [2.45, 2.75) is 6.54 Å². The van der Waals surface area contributed by atoms with Crippen LogP contribution in [0.25, 0.3) is 0 Å². The Morgan fingerprint density at radius 3 is 2.58 bits per heavy atom. The van der Waals surface area contributed by atoms with E-state index >= 15 is 0 Å². The molecule has 2 aromatic heterocycles. The predicted molar refractivity (Wildman–Crippen MR) is 98.0 cm³/mol. The summed E-state index contributed by atoms with van der Waals surface area (Å²) in [6.07, 6.45) is 3.31. The highest BCUT2D eigenvalue weighted by Crippen LogP contribution is 2.17. The summed E-state index contributed by atoms with van der Waals surface area (Å²) in [7, 11) is 1.64. The lowest BCUT2D eigenvalue weighted by Crippen LogP contribution is -2.23. The molecular weight excluding hydrogens is 354 g/mol. The Morgan fingerprint density at radius 1 is 1.12 bits per heavy atom. The third-order valence-corrected chi connectivity index (χ3v) is 4.00. The molecule has 0 saturated carbocycles. The number of rotatable bonds is 5. The van der Waals surface area contributed by atoms with E-state index in [1.54, 1.807) is 43.7 Å². The van der Waals surface area contributed by atoms with Crippen LogP contribution in [0.1, 0.15) is 26.4 Å². The first-order valence-corrected chi connectivity index (χ1v) is 8.19. The number of carbonyl (C=O) groups is 2. The van der Waals surface area contributed by atoms with Crippen LogP contribution in [0.4, 0.5) is 5.82 Å². The average molecular weight is 370 g/mol. The quantitative estimate of drug-likeness (QED) is 0.723. The summed E-state index contributed by atoms with van der Waals surface area (Å²) in [5.74, 6) is -0.318. The molecule has 0 saturated heterocycles. The summed E-state index contributed by atoms with van der Waals surface area (Å²) in [6.45, 7) is 0.360. The Hall–Kier alpha value is -3.19. The second-order valence-corrected chi connectivity index (χ2v) is 5.92. The van der Waals surface area contributed by atoms with E-state index in [0.29, 0.717) is 22.9 Å². The summed E-state index contributed by atoms with van der Waals surface area (Å²) in [6, 6.07) is 11.9. The van der Waals surface area contributed by atoms with E-state index in [9.17, 15) is 9.59 Å². The van der Waals surface area contributed by atoms with Crippen molar-refractivity contribution in [2.75, 3.05) is 5.32 Å². The zero-order valence-corrected chi connectivity index (χ0v) is 14.7. The molecular formula is C18H16ClN5O2. The van der Waals surface area contributed by atoms with Gasteiger partial charge < -0.3 is 10.6 Å². The van der Waals surface area contributed by atoms with Crippen LogP contribution in [0.15, 0.2) is 54.9 Å². The van der Waals surface area contributed by atoms with Crippen molar-refractivity contribution in [1.29, 1.82) is 0 Å². The fraction of sp³-hybridized carbons (Fsp3) is 0.111. The lowest BCUT2D eigenvalue weighted by atomic mass is 10.2. The number of aryl methyl sites for hydroxylation is 1. The molecule has 0 radical (unpaired) electrons. The van der Waals surface area contributed by atoms with Gasteiger partial charge in [-0.1, -0.05) is 23.7 Å². The molecule has 132 valence electrons. The van der Waals surface area contributed by atoms with E-state index in [1.807, 2.05) is 12.1 Å². The molecule has 8 heteroatoms. The molecule has 0 bridgehead atoms. The number of benzene rings is 1. The summed E-state index contributed by atoms with van der Waals surface area (Å²) >= 11 is 6.03. The number of halogens is 1. The zero-order valence-electron chi connectivity index (χ0n) is 13.9. The Kier molecular flexibility index (Phi) is 5.28. The molecule has 2 amide bonds. The lowest BCUT2D eigenvalue weighted by Gasteiger charge is -2.06. The van der Waals surface area contributed by atoms with Crippen LogP contribution in [0, 0.1) is 0 Å². The van der Waals surface area contributed by atoms with Crippen molar-refractivity contribution in [3.8, 4) is 0 Å². The topological polar surface area (TPSA) is 88.9 Å². The molecule has 0 aliphatic carbocycles. The minimum absolute atomic E-state index is 0.205. The minimum Gasteiger partial charge on any atom is -0.347 e. The first-order valence-electron chi connectivity index (χ1n) is 7.81. The normalized spacial score (nSPS) is 10.4. The van der Waals surface area contributed by atoms with E-state index in [-0.39, 0.29) is 17.5 Å². The van der Waals surface area contributed by atoms with Crippen molar-refractivity contribution in [3.05, 3.63) is 76.7 Å². The molecule has 0 aliphatic rings. The van der Waals surface area contributed by atoms with Gasteiger partial charge in [0.25, 0.3) is 11.8 Å². The third kappa shape index (κ3) is 4.07. The van der Waals surface area contributed by atoms with Gasteiger partial charge in [-0.25, -0.2) is 0 Å². The van der Waals surface area contributed by atoms with E-state index < -0.39 is 0 Å². The summed E-state index contributed by atoms with van der Waals surface area (Å²) in [4.78, 5) is 28.5. The van der Waals surface area contributed by atoms with Crippen molar-refractivity contribution in [1.82, 2.24) is 20.1 Å². The fourth-order valence-electron chi connectivity index (χ4n) is 2.30. The van der Waals surface area contributed by atoms with Crippen LogP contribution in [0.2, 0.25) is 5.02 Å². The zero-order chi connectivity index (χ0) is 18.5. The summed E-state index contributed by atoms with van der Waals surface area (Å²) < 4.78 is 1.43. The van der Waals surface area contributed by atoms with E-state index in [4.69, 9.17) is 11.6 Å². The number of anilines is 1. The van der Waals surface area contributed by atoms with E-state index in [0.717, 1.165) is 5.56 Å². The second-order valence-electron chi connectivity index (χ2n) is 5.51.